The number of hydrogen-bond acceptors (Lipinski definition) is 12. The molecule has 0 N–H and O–H groups in total. The average Bonchev–Trinajstić information content (AvgIpc) is 3.08. The van der Waals surface area contributed by atoms with Gasteiger partial charge < -0.3 is 61.5 Å². The van der Waals surface area contributed by atoms with Crippen molar-refractivity contribution >= 4 is 23.9 Å². The second-order valence-electron chi connectivity index (χ2n) is 7.24. The second-order valence-corrected chi connectivity index (χ2v) is 7.24. The van der Waals surface area contributed by atoms with E-state index in [0.717, 1.165) is 0 Å². The van der Waals surface area contributed by atoms with Gasteiger partial charge in [-0.2, -0.15) is 52.7 Å². The van der Waals surface area contributed by atoms with E-state index in [-0.39, 0.29) is 89.0 Å². The van der Waals surface area contributed by atoms with E-state index in [1.165, 1.54) is 0 Å². The summed E-state index contributed by atoms with van der Waals surface area (Å²) >= 11 is 0. The summed E-state index contributed by atoms with van der Waals surface area (Å²) in [6.45, 7) is 0. The summed E-state index contributed by atoms with van der Waals surface area (Å²) in [7, 11) is 0. The van der Waals surface area contributed by atoms with Crippen LogP contribution in [0.1, 0.15) is 0 Å². The van der Waals surface area contributed by atoms with E-state index >= 15 is 0 Å². The summed E-state index contributed by atoms with van der Waals surface area (Å²) in [6, 6.07) is 22.9. The molecule has 4 aromatic heterocycles. The average molecular weight is 1070 g/mol. The number of nitrogens with zero attached hydrogens (tertiary/aromatic N) is 4. The summed E-state index contributed by atoms with van der Waals surface area (Å²) in [6.07, 6.45) is -6.78. The van der Waals surface area contributed by atoms with Crippen molar-refractivity contribution < 1.29 is 181 Å². The van der Waals surface area contributed by atoms with Crippen LogP contribution in [-0.4, -0.2) is 68.5 Å². The maximum atomic E-state index is 10.5. The molecule has 4 rings (SSSR count). The molecule has 0 amide bonds. The number of halogens is 12. The Morgan fingerprint density at radius 1 is 0.283 bits per heavy atom. The Kier molecular flexibility index (Phi) is 73.5. The molecule has 0 aliphatic rings. The van der Waals surface area contributed by atoms with Gasteiger partial charge in [-0.05, 0) is 48.5 Å². The van der Waals surface area contributed by atoms with E-state index in [1.54, 1.807) is 49.6 Å². The minimum atomic E-state index is -5.19. The fourth-order valence-electron chi connectivity index (χ4n) is 1.25. The van der Waals surface area contributed by atoms with E-state index in [2.05, 4.69) is 19.9 Å². The van der Waals surface area contributed by atoms with Crippen molar-refractivity contribution in [2.75, 3.05) is 0 Å². The molecule has 16 nitrogen and oxygen atoms in total. The normalized spacial score (nSPS) is 8.47. The predicted molar refractivity (Wildman–Crippen MR) is 144 cm³/mol. The smallest absolute Gasteiger partial charge is 2.00 e. The van der Waals surface area contributed by atoms with Crippen LogP contribution in [0.15, 0.2) is 122 Å². The van der Waals surface area contributed by atoms with Gasteiger partial charge in [-0.15, -0.1) is 0 Å². The number of rotatable bonds is 0. The van der Waals surface area contributed by atoms with E-state index in [9.17, 15) is 52.7 Å². The van der Waals surface area contributed by atoms with Crippen LogP contribution in [0.3, 0.4) is 0 Å². The predicted octanol–water partition coefficient (Wildman–Crippen LogP) is 1.04. The quantitative estimate of drug-likeness (QED) is 0.223. The molecule has 0 saturated carbocycles. The van der Waals surface area contributed by atoms with E-state index in [0.29, 0.717) is 0 Å². The number of carbonyl (C=O) groups excluding carboxylic acids is 4. The first-order valence-electron chi connectivity index (χ1n) is 12.3. The van der Waals surface area contributed by atoms with Crippen LogP contribution in [-0.2, 0) is 108 Å². The number of pyridine rings is 4. The Labute approximate surface area is 370 Å². The molecule has 0 aliphatic heterocycles. The van der Waals surface area contributed by atoms with Gasteiger partial charge >= 0.3 is 91.8 Å². The molecule has 0 aliphatic carbocycles. The third kappa shape index (κ3) is 77.9. The van der Waals surface area contributed by atoms with Crippen molar-refractivity contribution in [2.24, 2.45) is 0 Å². The summed E-state index contributed by atoms with van der Waals surface area (Å²) in [4.78, 5) is 50.3. The molecule has 0 radical (unpaired) electrons. The zero-order valence-corrected chi connectivity index (χ0v) is 32.3. The zero-order chi connectivity index (χ0) is 41.3. The number of aromatic nitrogens is 4. The second kappa shape index (κ2) is 50.6. The summed E-state index contributed by atoms with van der Waals surface area (Å²) in [5.74, 6) is -12.0. The van der Waals surface area contributed by atoms with Crippen molar-refractivity contribution in [1.29, 1.82) is 0 Å². The molecular formula is C28H20Co4F12N4O12. The van der Waals surface area contributed by atoms with Crippen molar-refractivity contribution in [3.05, 3.63) is 122 Å². The van der Waals surface area contributed by atoms with Crippen LogP contribution >= 0.6 is 0 Å². The summed E-state index contributed by atoms with van der Waals surface area (Å²) < 4.78 is 126. The minimum Gasteiger partial charge on any atom is -2.00 e. The molecule has 4 heterocycles. The molecule has 32 heteroatoms. The number of carboxylic acids is 4. The van der Waals surface area contributed by atoms with E-state index in [1.807, 2.05) is 72.8 Å². The van der Waals surface area contributed by atoms with E-state index < -0.39 is 48.6 Å². The number of alkyl halides is 12. The van der Waals surface area contributed by atoms with Gasteiger partial charge in [0.2, 0.25) is 0 Å². The molecule has 0 unspecified atom stereocenters. The van der Waals surface area contributed by atoms with Gasteiger partial charge in [0.25, 0.3) is 0 Å². The van der Waals surface area contributed by atoms with Crippen LogP contribution in [0.25, 0.3) is 0 Å². The molecule has 0 fully saturated rings. The summed E-state index contributed by atoms with van der Waals surface area (Å²) in [5.41, 5.74) is 0. The Hall–Kier alpha value is -4.49. The Balaban J connectivity index is -0.0000000431. The Morgan fingerprint density at radius 3 is 0.383 bits per heavy atom. The molecule has 60 heavy (non-hydrogen) atoms. The van der Waals surface area contributed by atoms with Crippen LogP contribution in [0.2, 0.25) is 0 Å². The number of carboxylic acid groups (broad SMARTS) is 4. The molecule has 344 valence electrons. The monoisotopic (exact) mass is 1070 g/mol. The molecule has 4 aromatic rings. The van der Waals surface area contributed by atoms with Crippen molar-refractivity contribution in [2.45, 2.75) is 24.7 Å². The van der Waals surface area contributed by atoms with Crippen LogP contribution in [0.5, 0.6) is 0 Å². The largest absolute Gasteiger partial charge is 3.00 e. The van der Waals surface area contributed by atoms with Crippen molar-refractivity contribution in [3.63, 3.8) is 0 Å². The first kappa shape index (κ1) is 87.1. The maximum Gasteiger partial charge on any atom is 3.00 e. The fraction of sp³-hybridized carbons (Fsp3) is 0.143. The van der Waals surface area contributed by atoms with Gasteiger partial charge in [-0.1, -0.05) is 24.3 Å². The standard InChI is InChI=1S/4C5H5N.4C2HF3O2.4Co.4O/c4*1-2-4-6-5-3-1;4*3-2(4,5)1(6)7;;;;;;;;/h4*1-5H;4*(H,6,7);;;;;;;;/q;;;;;;;;4*+3;4*-2/p-4. The fourth-order valence-corrected chi connectivity index (χ4v) is 1.25. The first-order valence-corrected chi connectivity index (χ1v) is 12.3. The summed E-state index contributed by atoms with van der Waals surface area (Å²) in [5, 5.41) is 35.1. The molecule has 0 saturated heterocycles. The van der Waals surface area contributed by atoms with Gasteiger partial charge in [0.05, 0.1) is 0 Å². The van der Waals surface area contributed by atoms with E-state index in [4.69, 9.17) is 39.6 Å². The van der Waals surface area contributed by atoms with Gasteiger partial charge in [0, 0.05) is 49.6 Å². The van der Waals surface area contributed by atoms with Crippen molar-refractivity contribution in [1.82, 2.24) is 19.9 Å². The minimum absolute atomic E-state index is 0. The van der Waals surface area contributed by atoms with Crippen LogP contribution in [0.4, 0.5) is 52.7 Å². The van der Waals surface area contributed by atoms with Crippen molar-refractivity contribution in [3.8, 4) is 0 Å². The molecule has 0 bridgehead atoms. The Bertz CT molecular complexity index is 1140. The van der Waals surface area contributed by atoms with Crippen LogP contribution < -0.4 is 20.4 Å². The SMILES string of the molecule is O=C([O-])C(F)(F)F.O=C([O-])C(F)(F)F.O=C([O-])C(F)(F)F.O=C([O-])C(F)(F)F.[Co+3].[Co+3].[Co+3].[Co+3].[O-2].[O-2].[O-2].[O-2].c1ccncc1.c1ccncc1.c1ccncc1.c1ccncc1. The topological polar surface area (TPSA) is 326 Å². The molecule has 0 spiro atoms. The third-order valence-corrected chi connectivity index (χ3v) is 3.19. The third-order valence-electron chi connectivity index (χ3n) is 3.19. The number of aliphatic carboxylic acids is 4. The van der Waals surface area contributed by atoms with Gasteiger partial charge in [0.15, 0.2) is 0 Å². The molecule has 0 atom stereocenters. The van der Waals surface area contributed by atoms with Crippen LogP contribution in [0, 0.1) is 0 Å². The van der Waals surface area contributed by atoms with Gasteiger partial charge in [-0.25, -0.2) is 0 Å². The molecular weight excluding hydrogens is 1050 g/mol. The zero-order valence-electron chi connectivity index (χ0n) is 28.1. The number of carbonyl (C=O) groups is 4. The van der Waals surface area contributed by atoms with Gasteiger partial charge in [0.1, 0.15) is 23.9 Å². The number of hydrogen-bond donors (Lipinski definition) is 0. The maximum absolute atomic E-state index is 10.5. The van der Waals surface area contributed by atoms with Gasteiger partial charge in [-0.3, -0.25) is 19.9 Å². The first-order chi connectivity index (χ1) is 23.8. The Morgan fingerprint density at radius 2 is 0.367 bits per heavy atom. The molecule has 0 aromatic carbocycles.